The number of allylic oxidation sites excluding steroid dienone is 2. The number of fused-ring (bicyclic) bond motifs is 3. The number of carbonyl (C=O) groups excluding carboxylic acids is 2. The molecule has 2 aliphatic heterocycles. The van der Waals surface area contributed by atoms with Crippen molar-refractivity contribution in [1.29, 1.82) is 0 Å². The van der Waals surface area contributed by atoms with Gasteiger partial charge in [0, 0.05) is 37.7 Å². The van der Waals surface area contributed by atoms with E-state index in [4.69, 9.17) is 9.47 Å². The van der Waals surface area contributed by atoms with Crippen LogP contribution in [0.3, 0.4) is 0 Å². The topological polar surface area (TPSA) is 59.1 Å². The van der Waals surface area contributed by atoms with Crippen molar-refractivity contribution in [1.82, 2.24) is 9.80 Å². The van der Waals surface area contributed by atoms with Gasteiger partial charge in [0.15, 0.2) is 0 Å². The zero-order chi connectivity index (χ0) is 21.4. The summed E-state index contributed by atoms with van der Waals surface area (Å²) in [6, 6.07) is 6.03. The van der Waals surface area contributed by atoms with Gasteiger partial charge in [-0.1, -0.05) is 12.2 Å². The molecular weight excluding hydrogens is 392 g/mol. The summed E-state index contributed by atoms with van der Waals surface area (Å²) in [6.45, 7) is 5.01. The van der Waals surface area contributed by atoms with Gasteiger partial charge in [-0.25, -0.2) is 4.79 Å². The van der Waals surface area contributed by atoms with Crippen molar-refractivity contribution in [2.45, 2.75) is 45.1 Å². The summed E-state index contributed by atoms with van der Waals surface area (Å²) < 4.78 is 10.8. The molecule has 6 nitrogen and oxygen atoms in total. The first-order valence-electron chi connectivity index (χ1n) is 11.8. The minimum absolute atomic E-state index is 0.121. The van der Waals surface area contributed by atoms with Crippen molar-refractivity contribution in [2.75, 3.05) is 32.8 Å². The predicted molar refractivity (Wildman–Crippen MR) is 117 cm³/mol. The summed E-state index contributed by atoms with van der Waals surface area (Å²) >= 11 is 0. The second-order valence-electron chi connectivity index (χ2n) is 9.34. The number of benzene rings is 1. The molecule has 5 rings (SSSR count). The minimum atomic E-state index is -0.240. The maximum atomic E-state index is 13.7. The van der Waals surface area contributed by atoms with Gasteiger partial charge >= 0.3 is 6.09 Å². The highest BCUT2D eigenvalue weighted by atomic mass is 16.6. The Bertz CT molecular complexity index is 874. The van der Waals surface area contributed by atoms with Crippen molar-refractivity contribution in [3.63, 3.8) is 0 Å². The largest absolute Gasteiger partial charge is 0.493 e. The van der Waals surface area contributed by atoms with Crippen molar-refractivity contribution in [3.05, 3.63) is 41.5 Å². The third-order valence-corrected chi connectivity index (χ3v) is 7.48. The van der Waals surface area contributed by atoms with E-state index in [-0.39, 0.29) is 18.0 Å². The van der Waals surface area contributed by atoms with Gasteiger partial charge in [0.25, 0.3) is 5.91 Å². The van der Waals surface area contributed by atoms with Crippen LogP contribution in [0.4, 0.5) is 4.79 Å². The Morgan fingerprint density at radius 3 is 2.74 bits per heavy atom. The van der Waals surface area contributed by atoms with E-state index in [1.54, 1.807) is 4.90 Å². The fraction of sp³-hybridized carbons (Fsp3) is 0.600. The standard InChI is InChI=1S/C25H32N2O4/c1-2-30-25(29)26-10-7-22(8-11-26)27(16-21-14-17-3-4-18(21)13-17)24(28)20-5-6-23-19(15-20)9-12-31-23/h3-6,15,17-18,21-22H,2,7-14,16H2,1H3/t17-,18+,21-/m1/s1. The SMILES string of the molecule is CCOC(=O)N1CCC(N(C[C@H]2C[C@@H]3C=C[C@H]2C3)C(=O)c2ccc3c(c2)CCO3)CC1. The number of likely N-dealkylation sites (tertiary alicyclic amines) is 1. The van der Waals surface area contributed by atoms with Crippen LogP contribution in [0, 0.1) is 17.8 Å². The molecule has 2 heterocycles. The van der Waals surface area contributed by atoms with E-state index >= 15 is 0 Å². The van der Waals surface area contributed by atoms with E-state index in [9.17, 15) is 9.59 Å². The monoisotopic (exact) mass is 424 g/mol. The number of hydrogen-bond acceptors (Lipinski definition) is 4. The molecule has 4 aliphatic rings. The van der Waals surface area contributed by atoms with Crippen LogP contribution in [0.15, 0.2) is 30.4 Å². The summed E-state index contributed by atoms with van der Waals surface area (Å²) in [5, 5.41) is 0. The Kier molecular flexibility index (Phi) is 5.63. The predicted octanol–water partition coefficient (Wildman–Crippen LogP) is 3.90. The lowest BCUT2D eigenvalue weighted by Crippen LogP contribution is -2.50. The molecule has 1 saturated heterocycles. The molecule has 31 heavy (non-hydrogen) atoms. The Hall–Kier alpha value is -2.50. The Labute approximate surface area is 184 Å². The van der Waals surface area contributed by atoms with Gasteiger partial charge in [-0.15, -0.1) is 0 Å². The average molecular weight is 425 g/mol. The van der Waals surface area contributed by atoms with Crippen LogP contribution >= 0.6 is 0 Å². The Balaban J connectivity index is 1.33. The van der Waals surface area contributed by atoms with Gasteiger partial charge < -0.3 is 19.3 Å². The summed E-state index contributed by atoms with van der Waals surface area (Å²) in [6.07, 6.45) is 9.37. The van der Waals surface area contributed by atoms with Crippen LogP contribution in [0.25, 0.3) is 0 Å². The van der Waals surface area contributed by atoms with Gasteiger partial charge in [0.1, 0.15) is 5.75 Å². The average Bonchev–Trinajstić information content (AvgIpc) is 3.54. The van der Waals surface area contributed by atoms with Crippen molar-refractivity contribution >= 4 is 12.0 Å². The third-order valence-electron chi connectivity index (χ3n) is 7.48. The van der Waals surface area contributed by atoms with E-state index in [1.807, 2.05) is 25.1 Å². The Morgan fingerprint density at radius 1 is 1.19 bits per heavy atom. The molecule has 0 unspecified atom stereocenters. The van der Waals surface area contributed by atoms with Crippen molar-refractivity contribution in [3.8, 4) is 5.75 Å². The highest BCUT2D eigenvalue weighted by Gasteiger charge is 2.39. The molecule has 1 saturated carbocycles. The highest BCUT2D eigenvalue weighted by molar-refractivity contribution is 5.95. The fourth-order valence-corrected chi connectivity index (χ4v) is 5.82. The van der Waals surface area contributed by atoms with Gasteiger partial charge in [-0.3, -0.25) is 4.79 Å². The van der Waals surface area contributed by atoms with Crippen LogP contribution < -0.4 is 4.74 Å². The van der Waals surface area contributed by atoms with Gasteiger partial charge in [-0.05, 0) is 74.1 Å². The quantitative estimate of drug-likeness (QED) is 0.673. The molecule has 2 aliphatic carbocycles. The van der Waals surface area contributed by atoms with Gasteiger partial charge in [-0.2, -0.15) is 0 Å². The molecular formula is C25H32N2O4. The number of hydrogen-bond donors (Lipinski definition) is 0. The second kappa shape index (κ2) is 8.56. The maximum Gasteiger partial charge on any atom is 0.409 e. The first kappa shape index (κ1) is 20.4. The van der Waals surface area contributed by atoms with E-state index in [0.29, 0.717) is 44.1 Å². The van der Waals surface area contributed by atoms with E-state index in [1.165, 1.54) is 12.8 Å². The lowest BCUT2D eigenvalue weighted by Gasteiger charge is -2.40. The molecule has 0 radical (unpaired) electrons. The fourth-order valence-electron chi connectivity index (χ4n) is 5.82. The maximum absolute atomic E-state index is 13.7. The zero-order valence-corrected chi connectivity index (χ0v) is 18.3. The van der Waals surface area contributed by atoms with Crippen LogP contribution in [-0.4, -0.2) is 60.7 Å². The number of ether oxygens (including phenoxy) is 2. The smallest absolute Gasteiger partial charge is 0.409 e. The van der Waals surface area contributed by atoms with Crippen molar-refractivity contribution in [2.24, 2.45) is 17.8 Å². The summed E-state index contributed by atoms with van der Waals surface area (Å²) in [7, 11) is 0. The van der Waals surface area contributed by atoms with Crippen LogP contribution in [0.1, 0.15) is 48.5 Å². The number of carbonyl (C=O) groups is 2. The lowest BCUT2D eigenvalue weighted by molar-refractivity contribution is 0.0482. The third kappa shape index (κ3) is 4.04. The van der Waals surface area contributed by atoms with Crippen molar-refractivity contribution < 1.29 is 19.1 Å². The summed E-state index contributed by atoms with van der Waals surface area (Å²) in [4.78, 5) is 29.7. The summed E-state index contributed by atoms with van der Waals surface area (Å²) in [5.74, 6) is 2.86. The molecule has 2 fully saturated rings. The van der Waals surface area contributed by atoms with Crippen LogP contribution in [-0.2, 0) is 11.2 Å². The molecule has 2 bridgehead atoms. The highest BCUT2D eigenvalue weighted by Crippen LogP contribution is 2.44. The Morgan fingerprint density at radius 2 is 2.03 bits per heavy atom. The molecule has 2 amide bonds. The van der Waals surface area contributed by atoms with E-state index in [2.05, 4.69) is 17.1 Å². The molecule has 1 aromatic rings. The molecule has 1 aromatic carbocycles. The molecule has 0 spiro atoms. The number of nitrogens with zero attached hydrogens (tertiary/aromatic N) is 2. The number of piperidine rings is 1. The molecule has 3 atom stereocenters. The first-order valence-corrected chi connectivity index (χ1v) is 11.8. The first-order chi connectivity index (χ1) is 15.1. The molecule has 0 aromatic heterocycles. The second-order valence-corrected chi connectivity index (χ2v) is 9.34. The zero-order valence-electron chi connectivity index (χ0n) is 18.3. The number of rotatable bonds is 5. The van der Waals surface area contributed by atoms with Crippen LogP contribution in [0.2, 0.25) is 0 Å². The lowest BCUT2D eigenvalue weighted by atomic mass is 9.91. The van der Waals surface area contributed by atoms with Crippen LogP contribution in [0.5, 0.6) is 5.75 Å². The molecule has 166 valence electrons. The minimum Gasteiger partial charge on any atom is -0.493 e. The normalized spacial score (nSPS) is 26.6. The number of amides is 2. The van der Waals surface area contributed by atoms with E-state index in [0.717, 1.165) is 42.7 Å². The van der Waals surface area contributed by atoms with E-state index < -0.39 is 0 Å². The van der Waals surface area contributed by atoms with Gasteiger partial charge in [0.2, 0.25) is 0 Å². The molecule has 6 heteroatoms. The van der Waals surface area contributed by atoms with Gasteiger partial charge in [0.05, 0.1) is 13.2 Å². The molecule has 0 N–H and O–H groups in total. The summed E-state index contributed by atoms with van der Waals surface area (Å²) in [5.41, 5.74) is 1.89.